The molecule has 2 aliphatic heterocycles. The molecule has 1 atom stereocenters. The number of rotatable bonds is 4. The Hall–Kier alpha value is -3.87. The van der Waals surface area contributed by atoms with Gasteiger partial charge in [0.15, 0.2) is 0 Å². The second-order valence-corrected chi connectivity index (χ2v) is 8.21. The molecule has 1 fully saturated rings. The minimum absolute atomic E-state index is 0.0570. The maximum Gasteiger partial charge on any atom is 0.254 e. The van der Waals surface area contributed by atoms with E-state index in [1.54, 1.807) is 36.7 Å². The summed E-state index contributed by atoms with van der Waals surface area (Å²) < 4.78 is 26.6. The van der Waals surface area contributed by atoms with Gasteiger partial charge in [-0.1, -0.05) is 18.2 Å². The third kappa shape index (κ3) is 4.02. The zero-order valence-electron chi connectivity index (χ0n) is 18.5. The van der Waals surface area contributed by atoms with Crippen LogP contribution in [0, 0.1) is 12.7 Å². The monoisotopic (exact) mass is 445 g/mol. The summed E-state index contributed by atoms with van der Waals surface area (Å²) in [6.07, 6.45) is 8.58. The summed E-state index contributed by atoms with van der Waals surface area (Å²) in [6.45, 7) is 2.27. The summed E-state index contributed by atoms with van der Waals surface area (Å²) in [6, 6.07) is 11.8. The highest BCUT2D eigenvalue weighted by Gasteiger charge is 2.36. The fourth-order valence-electron chi connectivity index (χ4n) is 4.36. The predicted octanol–water partition coefficient (Wildman–Crippen LogP) is 4.95. The summed E-state index contributed by atoms with van der Waals surface area (Å²) in [5.74, 6) is 0.333. The molecule has 5 rings (SSSR count). The van der Waals surface area contributed by atoms with Crippen molar-refractivity contribution in [1.29, 1.82) is 0 Å². The Balaban J connectivity index is 1.46. The van der Waals surface area contributed by atoms with E-state index in [-0.39, 0.29) is 17.8 Å². The molecule has 33 heavy (non-hydrogen) atoms. The van der Waals surface area contributed by atoms with Crippen molar-refractivity contribution in [2.75, 3.05) is 13.7 Å². The van der Waals surface area contributed by atoms with Crippen molar-refractivity contribution in [1.82, 2.24) is 14.5 Å². The third-order valence-electron chi connectivity index (χ3n) is 6.03. The Kier molecular flexibility index (Phi) is 5.46. The summed E-state index contributed by atoms with van der Waals surface area (Å²) in [7, 11) is 1.63. The summed E-state index contributed by atoms with van der Waals surface area (Å²) in [4.78, 5) is 19.6. The van der Waals surface area contributed by atoms with Crippen LogP contribution in [0.1, 0.15) is 35.7 Å². The minimum Gasteiger partial charge on any atom is -0.497 e. The topological polar surface area (TPSA) is 56.6 Å². The van der Waals surface area contributed by atoms with Crippen molar-refractivity contribution < 1.29 is 18.7 Å². The Morgan fingerprint density at radius 2 is 2.00 bits per heavy atom. The number of carbonyl (C=O) groups is 1. The van der Waals surface area contributed by atoms with Crippen LogP contribution < -0.4 is 4.74 Å². The Morgan fingerprint density at radius 3 is 2.73 bits per heavy atom. The van der Waals surface area contributed by atoms with Crippen LogP contribution in [-0.4, -0.2) is 34.1 Å². The Bertz CT molecular complexity index is 1260. The second kappa shape index (κ2) is 8.58. The lowest BCUT2D eigenvalue weighted by atomic mass is 9.94. The lowest BCUT2D eigenvalue weighted by Crippen LogP contribution is -2.42. The molecular formula is C26H24FN3O3. The molecule has 0 aliphatic carbocycles. The van der Waals surface area contributed by atoms with Crippen LogP contribution in [0.3, 0.4) is 0 Å². The van der Waals surface area contributed by atoms with Gasteiger partial charge in [-0.05, 0) is 61.2 Å². The molecule has 1 amide bonds. The van der Waals surface area contributed by atoms with Crippen LogP contribution in [0.25, 0.3) is 11.8 Å². The molecular weight excluding hydrogens is 421 g/mol. The number of carbonyl (C=O) groups excluding carboxylic acids is 1. The summed E-state index contributed by atoms with van der Waals surface area (Å²) in [5, 5.41) is 0. The molecule has 6 nitrogen and oxygen atoms in total. The number of benzene rings is 2. The zero-order chi connectivity index (χ0) is 22.9. The molecule has 0 unspecified atom stereocenters. The number of allylic oxidation sites excluding steroid dienone is 1. The van der Waals surface area contributed by atoms with Crippen LogP contribution in [0.5, 0.6) is 5.75 Å². The van der Waals surface area contributed by atoms with Gasteiger partial charge in [0.25, 0.3) is 5.91 Å². The lowest BCUT2D eigenvalue weighted by molar-refractivity contribution is -0.130. The number of fused-ring (bicyclic) bond motifs is 1. The number of hydrogen-bond donors (Lipinski definition) is 0. The van der Waals surface area contributed by atoms with Gasteiger partial charge >= 0.3 is 0 Å². The van der Waals surface area contributed by atoms with Gasteiger partial charge in [0.1, 0.15) is 24.4 Å². The molecule has 7 heteroatoms. The molecule has 2 aromatic carbocycles. The number of halogens is 1. The molecule has 3 heterocycles. The van der Waals surface area contributed by atoms with Crippen molar-refractivity contribution in [2.45, 2.75) is 25.8 Å². The smallest absolute Gasteiger partial charge is 0.254 e. The highest BCUT2D eigenvalue weighted by atomic mass is 19.1. The fourth-order valence-corrected chi connectivity index (χ4v) is 4.36. The Morgan fingerprint density at radius 1 is 1.18 bits per heavy atom. The van der Waals surface area contributed by atoms with E-state index in [0.717, 1.165) is 33.8 Å². The average molecular weight is 445 g/mol. The molecule has 168 valence electrons. The lowest BCUT2D eigenvalue weighted by Gasteiger charge is -2.40. The average Bonchev–Trinajstić information content (AvgIpc) is 3.27. The zero-order valence-corrected chi connectivity index (χ0v) is 18.5. The number of ether oxygens (including phenoxy) is 2. The number of methoxy groups -OCH3 is 1. The van der Waals surface area contributed by atoms with Gasteiger partial charge in [-0.2, -0.15) is 0 Å². The molecule has 3 aromatic rings. The maximum atomic E-state index is 13.5. The van der Waals surface area contributed by atoms with Gasteiger partial charge in [0.2, 0.25) is 0 Å². The van der Waals surface area contributed by atoms with E-state index >= 15 is 0 Å². The molecule has 2 aliphatic rings. The second-order valence-electron chi connectivity index (χ2n) is 8.21. The van der Waals surface area contributed by atoms with Crippen LogP contribution in [0.15, 0.2) is 72.5 Å². The van der Waals surface area contributed by atoms with E-state index in [1.165, 1.54) is 12.1 Å². The van der Waals surface area contributed by atoms with Crippen LogP contribution in [0.4, 0.5) is 4.39 Å². The van der Waals surface area contributed by atoms with Crippen molar-refractivity contribution in [3.63, 3.8) is 0 Å². The first-order valence-electron chi connectivity index (χ1n) is 10.8. The van der Waals surface area contributed by atoms with Crippen LogP contribution in [-0.2, 0) is 9.53 Å². The van der Waals surface area contributed by atoms with Crippen molar-refractivity contribution in [3.05, 3.63) is 95.2 Å². The number of piperidine rings is 1. The summed E-state index contributed by atoms with van der Waals surface area (Å²) >= 11 is 0. The summed E-state index contributed by atoms with van der Waals surface area (Å²) in [5.41, 5.74) is 5.09. The van der Waals surface area contributed by atoms with Crippen molar-refractivity contribution in [2.24, 2.45) is 0 Å². The first kappa shape index (κ1) is 21.0. The highest BCUT2D eigenvalue weighted by molar-refractivity contribution is 6.00. The van der Waals surface area contributed by atoms with E-state index < -0.39 is 0 Å². The maximum absolute atomic E-state index is 13.5. The van der Waals surface area contributed by atoms with Gasteiger partial charge in [0, 0.05) is 11.8 Å². The molecule has 1 saturated heterocycles. The quantitative estimate of drug-likeness (QED) is 0.534. The van der Waals surface area contributed by atoms with E-state index in [0.29, 0.717) is 25.2 Å². The van der Waals surface area contributed by atoms with E-state index in [2.05, 4.69) is 4.98 Å². The van der Waals surface area contributed by atoms with Gasteiger partial charge in [0.05, 0.1) is 36.6 Å². The molecule has 0 radical (unpaired) electrons. The molecule has 1 aromatic heterocycles. The number of imidazole rings is 1. The number of aryl methyl sites for hydroxylation is 1. The normalized spacial score (nSPS) is 19.2. The van der Waals surface area contributed by atoms with Gasteiger partial charge in [-0.25, -0.2) is 9.37 Å². The minimum atomic E-state index is -0.306. The first-order chi connectivity index (χ1) is 16.0. The Labute approximate surface area is 191 Å². The molecule has 0 saturated carbocycles. The first-order valence-corrected chi connectivity index (χ1v) is 10.8. The van der Waals surface area contributed by atoms with E-state index in [1.807, 2.05) is 42.0 Å². The van der Waals surface area contributed by atoms with Gasteiger partial charge < -0.3 is 14.0 Å². The third-order valence-corrected chi connectivity index (χ3v) is 6.03. The molecule has 0 N–H and O–H groups in total. The van der Waals surface area contributed by atoms with Gasteiger partial charge in [-0.15, -0.1) is 0 Å². The van der Waals surface area contributed by atoms with Crippen molar-refractivity contribution >= 4 is 12.0 Å². The largest absolute Gasteiger partial charge is 0.497 e. The highest BCUT2D eigenvalue weighted by Crippen LogP contribution is 2.38. The van der Waals surface area contributed by atoms with Gasteiger partial charge in [-0.3, -0.25) is 9.69 Å². The number of nitrogens with zero attached hydrogens (tertiary/aromatic N) is 3. The number of hydrogen-bond acceptors (Lipinski definition) is 4. The van der Waals surface area contributed by atoms with Crippen molar-refractivity contribution in [3.8, 4) is 11.4 Å². The van der Waals surface area contributed by atoms with Crippen LogP contribution in [0.2, 0.25) is 0 Å². The van der Waals surface area contributed by atoms with Crippen LogP contribution >= 0.6 is 0 Å². The van der Waals surface area contributed by atoms with E-state index in [4.69, 9.17) is 9.47 Å². The molecule has 0 spiro atoms. The van der Waals surface area contributed by atoms with E-state index in [9.17, 15) is 9.18 Å². The molecule has 0 bridgehead atoms. The SMILES string of the molecule is COc1cc(C=C2CCC3=COC[C@H](c4ccc(F)cc4)N3C2=O)ccc1-n1cnc(C)c1. The standard InChI is InChI=1S/C26H24FN3O3/c1-17-13-29(16-28-17)23-10-3-18(12-25(23)32-2)11-20-6-9-22-14-33-15-24(30(22)26(20)31)19-4-7-21(27)8-5-19/h3-5,7-8,10-14,16,24H,6,9,15H2,1-2H3/t24-/m1/s1. The number of aromatic nitrogens is 2. The fraction of sp³-hybridized carbons (Fsp3) is 0.231. The predicted molar refractivity (Wildman–Crippen MR) is 122 cm³/mol. The number of amides is 1.